The zero-order valence-electron chi connectivity index (χ0n) is 17.8. The molecule has 0 radical (unpaired) electrons. The summed E-state index contributed by atoms with van der Waals surface area (Å²) in [5, 5.41) is 24.5. The molecule has 2 amide bonds. The number of nitro benzene ring substituents is 1. The Kier molecular flexibility index (Phi) is 7.79. The number of hydrogen-bond acceptors (Lipinski definition) is 10. The second-order valence-electron chi connectivity index (χ2n) is 6.44. The molecule has 0 aliphatic rings. The minimum absolute atomic E-state index is 0.0703. The van der Waals surface area contributed by atoms with Gasteiger partial charge in [-0.05, 0) is 25.1 Å². The van der Waals surface area contributed by atoms with E-state index in [1.807, 2.05) is 0 Å². The van der Waals surface area contributed by atoms with Crippen LogP contribution in [0.4, 0.5) is 16.5 Å². The molecular formula is C20H19N5O6S2. The van der Waals surface area contributed by atoms with Crippen LogP contribution in [-0.2, 0) is 4.79 Å². The Morgan fingerprint density at radius 2 is 1.88 bits per heavy atom. The first-order valence-electron chi connectivity index (χ1n) is 9.36. The largest absolute Gasteiger partial charge is 0.493 e. The Morgan fingerprint density at radius 1 is 1.12 bits per heavy atom. The molecule has 0 atom stereocenters. The molecule has 2 aromatic carbocycles. The van der Waals surface area contributed by atoms with Crippen molar-refractivity contribution in [1.29, 1.82) is 0 Å². The molecule has 3 rings (SSSR count). The fourth-order valence-electron chi connectivity index (χ4n) is 2.79. The van der Waals surface area contributed by atoms with Crippen molar-refractivity contribution in [1.82, 2.24) is 10.2 Å². The van der Waals surface area contributed by atoms with E-state index in [4.69, 9.17) is 9.47 Å². The van der Waals surface area contributed by atoms with E-state index in [2.05, 4.69) is 20.8 Å². The molecule has 0 bridgehead atoms. The zero-order chi connectivity index (χ0) is 24.0. The van der Waals surface area contributed by atoms with Crippen molar-refractivity contribution in [2.75, 3.05) is 30.6 Å². The maximum atomic E-state index is 12.5. The number of ether oxygens (including phenoxy) is 2. The predicted octanol–water partition coefficient (Wildman–Crippen LogP) is 3.76. The van der Waals surface area contributed by atoms with Gasteiger partial charge in [-0.2, -0.15) is 0 Å². The van der Waals surface area contributed by atoms with Gasteiger partial charge in [0.15, 0.2) is 15.8 Å². The predicted molar refractivity (Wildman–Crippen MR) is 125 cm³/mol. The van der Waals surface area contributed by atoms with E-state index in [-0.39, 0.29) is 33.6 Å². The number of anilines is 2. The number of rotatable bonds is 9. The van der Waals surface area contributed by atoms with Gasteiger partial charge < -0.3 is 14.8 Å². The molecule has 0 aliphatic heterocycles. The van der Waals surface area contributed by atoms with Gasteiger partial charge in [0.2, 0.25) is 11.0 Å². The number of nitro groups is 1. The molecule has 0 saturated heterocycles. The molecule has 2 N–H and O–H groups in total. The number of nitrogens with one attached hydrogen (secondary N) is 2. The van der Waals surface area contributed by atoms with Gasteiger partial charge in [0.25, 0.3) is 11.6 Å². The third-order valence-corrected chi connectivity index (χ3v) is 6.34. The molecular weight excluding hydrogens is 470 g/mol. The van der Waals surface area contributed by atoms with Crippen molar-refractivity contribution in [3.63, 3.8) is 0 Å². The monoisotopic (exact) mass is 489 g/mol. The Bertz CT molecular complexity index is 1200. The molecule has 33 heavy (non-hydrogen) atoms. The molecule has 172 valence electrons. The van der Waals surface area contributed by atoms with Crippen LogP contribution in [-0.4, -0.2) is 46.9 Å². The zero-order valence-corrected chi connectivity index (χ0v) is 19.4. The van der Waals surface area contributed by atoms with Gasteiger partial charge in [-0.25, -0.2) is 0 Å². The SMILES string of the molecule is COc1ccc(NC(=O)CSc2nnc(NC(=O)c3cccc([N+](=O)[O-])c3C)s2)cc1OC. The van der Waals surface area contributed by atoms with Crippen molar-refractivity contribution in [3.8, 4) is 11.5 Å². The molecule has 13 heteroatoms. The summed E-state index contributed by atoms with van der Waals surface area (Å²) in [5.74, 6) is 0.316. The number of carbonyl (C=O) groups is 2. The van der Waals surface area contributed by atoms with E-state index >= 15 is 0 Å². The minimum Gasteiger partial charge on any atom is -0.493 e. The number of aromatic nitrogens is 2. The highest BCUT2D eigenvalue weighted by Crippen LogP contribution is 2.30. The van der Waals surface area contributed by atoms with Crippen molar-refractivity contribution < 1.29 is 24.0 Å². The summed E-state index contributed by atoms with van der Waals surface area (Å²) in [5.41, 5.74) is 0.835. The lowest BCUT2D eigenvalue weighted by molar-refractivity contribution is -0.385. The number of hydrogen-bond donors (Lipinski definition) is 2. The summed E-state index contributed by atoms with van der Waals surface area (Å²) in [6, 6.07) is 9.29. The van der Waals surface area contributed by atoms with Gasteiger partial charge in [0.05, 0.1) is 24.9 Å². The van der Waals surface area contributed by atoms with Crippen molar-refractivity contribution in [3.05, 3.63) is 57.6 Å². The fourth-order valence-corrected chi connectivity index (χ4v) is 4.34. The standard InChI is InChI=1S/C20H19N5O6S2/c1-11-13(5-4-6-14(11)25(28)29)18(27)22-19-23-24-20(33-19)32-10-17(26)21-12-7-8-15(30-2)16(9-12)31-3/h4-9H,10H2,1-3H3,(H,21,26)(H,22,23,27). The van der Waals surface area contributed by atoms with E-state index in [0.29, 0.717) is 21.5 Å². The first kappa shape index (κ1) is 23.9. The van der Waals surface area contributed by atoms with Crippen LogP contribution >= 0.6 is 23.1 Å². The quantitative estimate of drug-likeness (QED) is 0.198. The van der Waals surface area contributed by atoms with Gasteiger partial charge >= 0.3 is 0 Å². The fraction of sp³-hybridized carbons (Fsp3) is 0.200. The Hall–Kier alpha value is -3.71. The first-order chi connectivity index (χ1) is 15.8. The molecule has 1 heterocycles. The van der Waals surface area contributed by atoms with Crippen LogP contribution in [0.1, 0.15) is 15.9 Å². The van der Waals surface area contributed by atoms with Gasteiger partial charge in [-0.3, -0.25) is 25.0 Å². The van der Waals surface area contributed by atoms with E-state index in [1.54, 1.807) is 18.2 Å². The van der Waals surface area contributed by atoms with E-state index in [0.717, 1.165) is 23.1 Å². The summed E-state index contributed by atoms with van der Waals surface area (Å²) in [6.07, 6.45) is 0. The normalized spacial score (nSPS) is 10.4. The molecule has 11 nitrogen and oxygen atoms in total. The minimum atomic E-state index is -0.543. The van der Waals surface area contributed by atoms with Gasteiger partial charge in [-0.1, -0.05) is 29.2 Å². The van der Waals surface area contributed by atoms with Crippen LogP contribution in [0.2, 0.25) is 0 Å². The van der Waals surface area contributed by atoms with E-state index in [1.165, 1.54) is 39.3 Å². The van der Waals surface area contributed by atoms with E-state index < -0.39 is 10.8 Å². The highest BCUT2D eigenvalue weighted by Gasteiger charge is 2.19. The second-order valence-corrected chi connectivity index (χ2v) is 8.64. The highest BCUT2D eigenvalue weighted by atomic mass is 32.2. The van der Waals surface area contributed by atoms with Crippen molar-refractivity contribution >= 4 is 51.4 Å². The maximum absolute atomic E-state index is 12.5. The Labute approximate surface area is 196 Å². The van der Waals surface area contributed by atoms with Crippen molar-refractivity contribution in [2.45, 2.75) is 11.3 Å². The average Bonchev–Trinajstić information content (AvgIpc) is 3.24. The number of thioether (sulfide) groups is 1. The number of carbonyl (C=O) groups excluding carboxylic acids is 2. The third-order valence-electron chi connectivity index (χ3n) is 4.37. The third kappa shape index (κ3) is 5.96. The van der Waals surface area contributed by atoms with Crippen LogP contribution in [0, 0.1) is 17.0 Å². The lowest BCUT2D eigenvalue weighted by Crippen LogP contribution is -2.14. The van der Waals surface area contributed by atoms with E-state index in [9.17, 15) is 19.7 Å². The lowest BCUT2D eigenvalue weighted by atomic mass is 10.1. The van der Waals surface area contributed by atoms with Crippen LogP contribution in [0.25, 0.3) is 0 Å². The summed E-state index contributed by atoms with van der Waals surface area (Å²) in [4.78, 5) is 35.3. The van der Waals surface area contributed by atoms with Crippen molar-refractivity contribution in [2.24, 2.45) is 0 Å². The number of benzene rings is 2. The van der Waals surface area contributed by atoms with Gasteiger partial charge in [0.1, 0.15) is 0 Å². The second kappa shape index (κ2) is 10.7. The summed E-state index contributed by atoms with van der Waals surface area (Å²) >= 11 is 2.24. The molecule has 0 spiro atoms. The molecule has 0 aliphatic carbocycles. The smallest absolute Gasteiger partial charge is 0.273 e. The van der Waals surface area contributed by atoms with Gasteiger partial charge in [-0.15, -0.1) is 10.2 Å². The maximum Gasteiger partial charge on any atom is 0.273 e. The van der Waals surface area contributed by atoms with Crippen LogP contribution in [0.5, 0.6) is 11.5 Å². The van der Waals surface area contributed by atoms with Crippen LogP contribution < -0.4 is 20.1 Å². The van der Waals surface area contributed by atoms with Gasteiger partial charge in [0, 0.05) is 28.9 Å². The molecule has 3 aromatic rings. The average molecular weight is 490 g/mol. The molecule has 0 saturated carbocycles. The topological polar surface area (TPSA) is 146 Å². The number of nitrogens with zero attached hydrogens (tertiary/aromatic N) is 3. The summed E-state index contributed by atoms with van der Waals surface area (Å²) in [6.45, 7) is 1.51. The summed E-state index contributed by atoms with van der Waals surface area (Å²) < 4.78 is 10.9. The summed E-state index contributed by atoms with van der Waals surface area (Å²) in [7, 11) is 3.03. The lowest BCUT2D eigenvalue weighted by Gasteiger charge is -2.10. The molecule has 0 unspecified atom stereocenters. The Morgan fingerprint density at radius 3 is 2.58 bits per heavy atom. The molecule has 1 aromatic heterocycles. The van der Waals surface area contributed by atoms with Crippen LogP contribution in [0.3, 0.4) is 0 Å². The Balaban J connectivity index is 1.57. The number of methoxy groups -OCH3 is 2. The molecule has 0 fully saturated rings. The first-order valence-corrected chi connectivity index (χ1v) is 11.2. The van der Waals surface area contributed by atoms with Crippen LogP contribution in [0.15, 0.2) is 40.7 Å². The number of amides is 2. The highest BCUT2D eigenvalue weighted by molar-refractivity contribution is 8.01.